The third-order valence-electron chi connectivity index (χ3n) is 7.68. The number of rotatable bonds is 7. The van der Waals surface area contributed by atoms with Gasteiger partial charge in [-0.3, -0.25) is 14.4 Å². The van der Waals surface area contributed by atoms with Crippen molar-refractivity contribution in [2.45, 2.75) is 76.6 Å². The summed E-state index contributed by atoms with van der Waals surface area (Å²) in [6.07, 6.45) is 2.73. The highest BCUT2D eigenvalue weighted by Gasteiger charge is 2.33. The molecule has 1 saturated carbocycles. The van der Waals surface area contributed by atoms with E-state index in [1.54, 1.807) is 57.2 Å². The van der Waals surface area contributed by atoms with Gasteiger partial charge in [0, 0.05) is 40.9 Å². The van der Waals surface area contributed by atoms with E-state index in [-0.39, 0.29) is 29.6 Å². The van der Waals surface area contributed by atoms with Crippen LogP contribution in [0.4, 0.5) is 10.5 Å². The summed E-state index contributed by atoms with van der Waals surface area (Å²) in [5, 5.41) is 9.39. The number of nitrogens with one attached hydrogen (secondary N) is 3. The van der Waals surface area contributed by atoms with Crippen molar-refractivity contribution < 1.29 is 23.9 Å². The highest BCUT2D eigenvalue weighted by Crippen LogP contribution is 2.33. The average Bonchev–Trinajstić information content (AvgIpc) is 2.96. The minimum absolute atomic E-state index is 0.0472. The van der Waals surface area contributed by atoms with Crippen molar-refractivity contribution in [3.05, 3.63) is 101 Å². The van der Waals surface area contributed by atoms with E-state index >= 15 is 0 Å². The molecule has 2 amide bonds. The average molecular weight is 568 g/mol. The van der Waals surface area contributed by atoms with Crippen LogP contribution in [0.2, 0.25) is 0 Å². The Morgan fingerprint density at radius 1 is 0.786 bits per heavy atom. The molecule has 1 atom stereocenters. The predicted molar refractivity (Wildman–Crippen MR) is 161 cm³/mol. The van der Waals surface area contributed by atoms with Gasteiger partial charge in [0.25, 0.3) is 0 Å². The first-order valence-electron chi connectivity index (χ1n) is 14.5. The summed E-state index contributed by atoms with van der Waals surface area (Å²) in [6.45, 7) is 5.34. The van der Waals surface area contributed by atoms with Crippen molar-refractivity contribution in [1.29, 1.82) is 0 Å². The maximum Gasteiger partial charge on any atom is 0.408 e. The second kappa shape index (κ2) is 12.2. The summed E-state index contributed by atoms with van der Waals surface area (Å²) in [5.41, 5.74) is 2.64. The van der Waals surface area contributed by atoms with E-state index in [0.717, 1.165) is 31.2 Å². The standard InChI is InChI=1S/C34H37N3O5/c1-34(2,3)42-33(41)37-28(20-21-10-5-4-6-11-21)32(40)36-23-18-16-22(17-19-23)35-27-15-9-14-26-29(27)31(39)25-13-8-7-12-24(25)30(26)38/h4-15,22-23,28,35H,16-20H2,1-3H3,(H,36,40)(H,37,41)/t22?,23?,28-/m1/s1. The molecule has 0 aromatic heterocycles. The van der Waals surface area contributed by atoms with Gasteiger partial charge in [-0.05, 0) is 58.1 Å². The zero-order chi connectivity index (χ0) is 29.9. The van der Waals surface area contributed by atoms with Gasteiger partial charge in [-0.25, -0.2) is 4.79 Å². The molecule has 0 spiro atoms. The Morgan fingerprint density at radius 2 is 1.38 bits per heavy atom. The second-order valence-corrected chi connectivity index (χ2v) is 12.0. The van der Waals surface area contributed by atoms with Crippen LogP contribution < -0.4 is 16.0 Å². The van der Waals surface area contributed by atoms with Crippen molar-refractivity contribution in [3.8, 4) is 0 Å². The van der Waals surface area contributed by atoms with E-state index < -0.39 is 17.7 Å². The van der Waals surface area contributed by atoms with E-state index in [9.17, 15) is 19.2 Å². The van der Waals surface area contributed by atoms with Crippen LogP contribution in [0, 0.1) is 0 Å². The lowest BCUT2D eigenvalue weighted by Gasteiger charge is -2.32. The van der Waals surface area contributed by atoms with E-state index in [1.807, 2.05) is 36.4 Å². The monoisotopic (exact) mass is 567 g/mol. The molecule has 0 saturated heterocycles. The number of carbonyl (C=O) groups excluding carboxylic acids is 4. The molecule has 2 aliphatic carbocycles. The molecule has 0 bridgehead atoms. The van der Waals surface area contributed by atoms with Crippen LogP contribution in [0.1, 0.15) is 83.9 Å². The lowest BCUT2D eigenvalue weighted by molar-refractivity contribution is -0.124. The molecule has 3 aromatic carbocycles. The molecule has 8 heteroatoms. The summed E-state index contributed by atoms with van der Waals surface area (Å²) < 4.78 is 5.41. The Bertz CT molecular complexity index is 1490. The Hall–Kier alpha value is -4.46. The molecule has 3 aromatic rings. The van der Waals surface area contributed by atoms with Crippen molar-refractivity contribution in [3.63, 3.8) is 0 Å². The highest BCUT2D eigenvalue weighted by atomic mass is 16.6. The molecular weight excluding hydrogens is 530 g/mol. The molecular formula is C34H37N3O5. The third-order valence-corrected chi connectivity index (χ3v) is 7.68. The molecule has 218 valence electrons. The zero-order valence-electron chi connectivity index (χ0n) is 24.2. The Labute approximate surface area is 246 Å². The van der Waals surface area contributed by atoms with Crippen LogP contribution in [0.5, 0.6) is 0 Å². The number of ether oxygens (including phenoxy) is 1. The minimum atomic E-state index is -0.777. The van der Waals surface area contributed by atoms with Gasteiger partial charge in [-0.2, -0.15) is 0 Å². The first-order chi connectivity index (χ1) is 20.1. The number of ketones is 2. The van der Waals surface area contributed by atoms with Crippen LogP contribution in [0.3, 0.4) is 0 Å². The number of carbonyl (C=O) groups is 4. The first kappa shape index (κ1) is 29.0. The number of alkyl carbamates (subject to hydrolysis) is 1. The van der Waals surface area contributed by atoms with E-state index in [1.165, 1.54) is 0 Å². The highest BCUT2D eigenvalue weighted by molar-refractivity contribution is 6.30. The van der Waals surface area contributed by atoms with Crippen LogP contribution >= 0.6 is 0 Å². The number of amides is 2. The van der Waals surface area contributed by atoms with Gasteiger partial charge < -0.3 is 20.7 Å². The fraction of sp³-hybridized carbons (Fsp3) is 0.353. The van der Waals surface area contributed by atoms with Gasteiger partial charge in [0.05, 0.1) is 5.56 Å². The summed E-state index contributed by atoms with van der Waals surface area (Å²) in [6, 6.07) is 21.1. The Morgan fingerprint density at radius 3 is 2.05 bits per heavy atom. The van der Waals surface area contributed by atoms with Gasteiger partial charge in [0.1, 0.15) is 11.6 Å². The molecule has 3 N–H and O–H groups in total. The van der Waals surface area contributed by atoms with Crippen LogP contribution in [0.15, 0.2) is 72.8 Å². The number of fused-ring (bicyclic) bond motifs is 2. The second-order valence-electron chi connectivity index (χ2n) is 12.0. The predicted octanol–water partition coefficient (Wildman–Crippen LogP) is 5.44. The molecule has 0 aliphatic heterocycles. The maximum atomic E-state index is 13.4. The molecule has 1 fully saturated rings. The summed E-state index contributed by atoms with van der Waals surface area (Å²) >= 11 is 0. The van der Waals surface area contributed by atoms with E-state index in [0.29, 0.717) is 34.4 Å². The molecule has 2 aliphatic rings. The fourth-order valence-corrected chi connectivity index (χ4v) is 5.68. The molecule has 42 heavy (non-hydrogen) atoms. The Kier molecular flexibility index (Phi) is 8.43. The number of hydrogen-bond acceptors (Lipinski definition) is 6. The number of hydrogen-bond donors (Lipinski definition) is 3. The van der Waals surface area contributed by atoms with Crippen LogP contribution in [-0.4, -0.2) is 47.3 Å². The van der Waals surface area contributed by atoms with Crippen molar-refractivity contribution >= 4 is 29.3 Å². The fourth-order valence-electron chi connectivity index (χ4n) is 5.68. The van der Waals surface area contributed by atoms with Crippen LogP contribution in [0.25, 0.3) is 0 Å². The summed E-state index contributed by atoms with van der Waals surface area (Å²) in [5.74, 6) is -0.535. The summed E-state index contributed by atoms with van der Waals surface area (Å²) in [7, 11) is 0. The van der Waals surface area contributed by atoms with Gasteiger partial charge in [0.15, 0.2) is 11.6 Å². The molecule has 0 radical (unpaired) electrons. The largest absolute Gasteiger partial charge is 0.444 e. The first-order valence-corrected chi connectivity index (χ1v) is 14.5. The van der Waals surface area contributed by atoms with Crippen molar-refractivity contribution in [2.24, 2.45) is 0 Å². The number of benzene rings is 3. The molecule has 0 unspecified atom stereocenters. The lowest BCUT2D eigenvalue weighted by atomic mass is 9.83. The van der Waals surface area contributed by atoms with Crippen molar-refractivity contribution in [2.75, 3.05) is 5.32 Å². The van der Waals surface area contributed by atoms with Gasteiger partial charge in [0.2, 0.25) is 5.91 Å². The maximum absolute atomic E-state index is 13.4. The molecule has 8 nitrogen and oxygen atoms in total. The summed E-state index contributed by atoms with van der Waals surface area (Å²) in [4.78, 5) is 52.3. The zero-order valence-corrected chi connectivity index (χ0v) is 24.2. The topological polar surface area (TPSA) is 114 Å². The van der Waals surface area contributed by atoms with E-state index in [2.05, 4.69) is 16.0 Å². The smallest absolute Gasteiger partial charge is 0.408 e. The number of anilines is 1. The van der Waals surface area contributed by atoms with Crippen LogP contribution in [-0.2, 0) is 16.0 Å². The van der Waals surface area contributed by atoms with E-state index in [4.69, 9.17) is 4.74 Å². The SMILES string of the molecule is CC(C)(C)OC(=O)N[C@H](Cc1ccccc1)C(=O)NC1CCC(Nc2cccc3c2C(=O)c2ccccc2C3=O)CC1. The normalized spacial score (nSPS) is 18.7. The Balaban J connectivity index is 1.21. The molecule has 5 rings (SSSR count). The van der Waals surface area contributed by atoms with Crippen molar-refractivity contribution in [1.82, 2.24) is 10.6 Å². The van der Waals surface area contributed by atoms with Gasteiger partial charge >= 0.3 is 6.09 Å². The van der Waals surface area contributed by atoms with Gasteiger partial charge in [-0.1, -0.05) is 66.7 Å². The minimum Gasteiger partial charge on any atom is -0.444 e. The van der Waals surface area contributed by atoms with Gasteiger partial charge in [-0.15, -0.1) is 0 Å². The lowest BCUT2D eigenvalue weighted by Crippen LogP contribution is -2.52. The quantitative estimate of drug-likeness (QED) is 0.274. The third kappa shape index (κ3) is 6.70. The molecule has 0 heterocycles.